The van der Waals surface area contributed by atoms with E-state index >= 15 is 0 Å². The fraction of sp³-hybridized carbons (Fsp3) is 0.619. The van der Waals surface area contributed by atoms with E-state index in [4.69, 9.17) is 9.47 Å². The topological polar surface area (TPSA) is 75.2 Å². The minimum Gasteiger partial charge on any atom is -0.497 e. The number of halogens is 1. The number of aliphatic imine (C=N–C) groups is 1. The number of nitrogens with zero attached hydrogens (tertiary/aromatic N) is 2. The zero-order valence-electron chi connectivity index (χ0n) is 18.2. The first-order valence-electron chi connectivity index (χ1n) is 9.87. The van der Waals surface area contributed by atoms with Gasteiger partial charge < -0.3 is 25.0 Å². The molecule has 1 aliphatic rings. The summed E-state index contributed by atoms with van der Waals surface area (Å²) in [5, 5.41) is 6.63. The summed E-state index contributed by atoms with van der Waals surface area (Å²) < 4.78 is 11.1. The molecule has 1 unspecified atom stereocenters. The molecule has 1 aromatic rings. The average Bonchev–Trinajstić information content (AvgIpc) is 3.18. The van der Waals surface area contributed by atoms with Crippen LogP contribution in [0, 0.1) is 5.41 Å². The summed E-state index contributed by atoms with van der Waals surface area (Å²) in [6.07, 6.45) is 3.99. The van der Waals surface area contributed by atoms with Gasteiger partial charge in [0.25, 0.3) is 0 Å². The zero-order chi connectivity index (χ0) is 20.6. The number of amides is 1. The quantitative estimate of drug-likeness (QED) is 0.315. The molecule has 0 saturated heterocycles. The maximum Gasteiger partial charge on any atom is 0.230 e. The monoisotopic (exact) mass is 518 g/mol. The molecular weight excluding hydrogens is 483 g/mol. The van der Waals surface area contributed by atoms with E-state index in [1.807, 2.05) is 45.3 Å². The fourth-order valence-corrected chi connectivity index (χ4v) is 3.63. The van der Waals surface area contributed by atoms with E-state index < -0.39 is 0 Å². The molecule has 1 aromatic carbocycles. The molecule has 1 atom stereocenters. The Balaban J connectivity index is 0.00000420. The molecule has 0 spiro atoms. The van der Waals surface area contributed by atoms with Gasteiger partial charge in [0, 0.05) is 27.7 Å². The second-order valence-electron chi connectivity index (χ2n) is 7.60. The number of guanidine groups is 1. The number of hydrogen-bond acceptors (Lipinski definition) is 4. The van der Waals surface area contributed by atoms with E-state index in [-0.39, 0.29) is 41.4 Å². The number of hydrogen-bond donors (Lipinski definition) is 2. The van der Waals surface area contributed by atoms with Crippen molar-refractivity contribution in [2.24, 2.45) is 10.4 Å². The molecule has 0 radical (unpaired) electrons. The van der Waals surface area contributed by atoms with Crippen molar-refractivity contribution in [1.82, 2.24) is 15.5 Å². The van der Waals surface area contributed by atoms with E-state index in [1.54, 1.807) is 19.1 Å². The summed E-state index contributed by atoms with van der Waals surface area (Å²) in [7, 11) is 7.03. The van der Waals surface area contributed by atoms with Gasteiger partial charge in [0.05, 0.1) is 19.1 Å². The number of ether oxygens (including phenoxy) is 2. The molecule has 0 aliphatic heterocycles. The van der Waals surface area contributed by atoms with E-state index in [0.29, 0.717) is 19.0 Å². The Morgan fingerprint density at radius 3 is 2.28 bits per heavy atom. The van der Waals surface area contributed by atoms with Gasteiger partial charge in [0.1, 0.15) is 17.6 Å². The molecule has 2 rings (SSSR count). The maximum atomic E-state index is 12.7. The molecule has 0 bridgehead atoms. The summed E-state index contributed by atoms with van der Waals surface area (Å²) in [4.78, 5) is 18.7. The van der Waals surface area contributed by atoms with Crippen molar-refractivity contribution >= 4 is 35.8 Å². The Labute approximate surface area is 191 Å². The van der Waals surface area contributed by atoms with Crippen molar-refractivity contribution in [2.75, 3.05) is 41.3 Å². The van der Waals surface area contributed by atoms with Crippen LogP contribution in [0.25, 0.3) is 0 Å². The highest BCUT2D eigenvalue weighted by molar-refractivity contribution is 14.0. The predicted molar refractivity (Wildman–Crippen MR) is 127 cm³/mol. The third-order valence-corrected chi connectivity index (χ3v) is 5.19. The van der Waals surface area contributed by atoms with Crippen molar-refractivity contribution in [2.45, 2.75) is 38.7 Å². The Hall–Kier alpha value is -1.71. The lowest BCUT2D eigenvalue weighted by Gasteiger charge is -2.31. The van der Waals surface area contributed by atoms with Crippen LogP contribution in [0.1, 0.15) is 32.6 Å². The van der Waals surface area contributed by atoms with Crippen LogP contribution in [0.15, 0.2) is 29.3 Å². The number of carbonyl (C=O) groups excluding carboxylic acids is 1. The van der Waals surface area contributed by atoms with Crippen molar-refractivity contribution in [3.63, 3.8) is 0 Å². The number of carbonyl (C=O) groups is 1. The zero-order valence-corrected chi connectivity index (χ0v) is 20.5. The summed E-state index contributed by atoms with van der Waals surface area (Å²) >= 11 is 0. The minimum atomic E-state index is -0.327. The summed E-state index contributed by atoms with van der Waals surface area (Å²) in [6, 6.07) is 7.52. The second kappa shape index (κ2) is 12.1. The van der Waals surface area contributed by atoms with Crippen LogP contribution >= 0.6 is 24.0 Å². The molecule has 7 nitrogen and oxygen atoms in total. The number of rotatable bonds is 8. The first-order valence-corrected chi connectivity index (χ1v) is 9.87. The van der Waals surface area contributed by atoms with Crippen LogP contribution in [-0.4, -0.2) is 64.2 Å². The van der Waals surface area contributed by atoms with Crippen LogP contribution in [0.3, 0.4) is 0 Å². The molecule has 0 heterocycles. The molecule has 1 aliphatic carbocycles. The number of benzene rings is 1. The van der Waals surface area contributed by atoms with E-state index in [2.05, 4.69) is 15.6 Å². The number of methoxy groups -OCH3 is 1. The first kappa shape index (κ1) is 25.3. The van der Waals surface area contributed by atoms with E-state index in [0.717, 1.165) is 37.2 Å². The molecule has 29 heavy (non-hydrogen) atoms. The van der Waals surface area contributed by atoms with Gasteiger partial charge in [-0.05, 0) is 44.0 Å². The Morgan fingerprint density at radius 2 is 1.76 bits per heavy atom. The third kappa shape index (κ3) is 7.24. The highest BCUT2D eigenvalue weighted by Gasteiger charge is 2.42. The smallest absolute Gasteiger partial charge is 0.230 e. The van der Waals surface area contributed by atoms with Crippen LogP contribution in [0.5, 0.6) is 11.5 Å². The Kier molecular flexibility index (Phi) is 10.6. The second-order valence-corrected chi connectivity index (χ2v) is 7.60. The largest absolute Gasteiger partial charge is 0.497 e. The SMILES string of the molecule is CN=C(NCC(C)Oc1ccc(OC)cc1)NCC1(C(=O)N(C)C)CCCC1.I. The van der Waals surface area contributed by atoms with Gasteiger partial charge in [0.2, 0.25) is 5.91 Å². The standard InChI is InChI=1S/C21H34N4O3.HI/c1-16(28-18-10-8-17(27-5)9-11-18)14-23-20(22-2)24-15-21(12-6-7-13-21)19(26)25(3)4;/h8-11,16H,6-7,12-15H2,1-5H3,(H2,22,23,24);1H. The minimum absolute atomic E-state index is 0. The third-order valence-electron chi connectivity index (χ3n) is 5.19. The van der Waals surface area contributed by atoms with Crippen LogP contribution in [0.4, 0.5) is 0 Å². The maximum absolute atomic E-state index is 12.7. The van der Waals surface area contributed by atoms with Gasteiger partial charge in [-0.15, -0.1) is 24.0 Å². The van der Waals surface area contributed by atoms with Gasteiger partial charge in [-0.2, -0.15) is 0 Å². The lowest BCUT2D eigenvalue weighted by molar-refractivity contribution is -0.138. The predicted octanol–water partition coefficient (Wildman–Crippen LogP) is 2.89. The molecule has 8 heteroatoms. The van der Waals surface area contributed by atoms with Crippen LogP contribution < -0.4 is 20.1 Å². The Morgan fingerprint density at radius 1 is 1.17 bits per heavy atom. The molecule has 0 aromatic heterocycles. The summed E-state index contributed by atoms with van der Waals surface area (Å²) in [5.41, 5.74) is -0.327. The number of nitrogens with one attached hydrogen (secondary N) is 2. The molecule has 1 amide bonds. The van der Waals surface area contributed by atoms with Gasteiger partial charge >= 0.3 is 0 Å². The molecule has 164 valence electrons. The average molecular weight is 518 g/mol. The summed E-state index contributed by atoms with van der Waals surface area (Å²) in [5.74, 6) is 2.47. The highest BCUT2D eigenvalue weighted by atomic mass is 127. The molecular formula is C21H35IN4O3. The summed E-state index contributed by atoms with van der Waals surface area (Å²) in [6.45, 7) is 3.19. The first-order chi connectivity index (χ1) is 13.4. The highest BCUT2D eigenvalue weighted by Crippen LogP contribution is 2.38. The lowest BCUT2D eigenvalue weighted by Crippen LogP contribution is -2.50. The van der Waals surface area contributed by atoms with Gasteiger partial charge in [-0.3, -0.25) is 9.79 Å². The van der Waals surface area contributed by atoms with E-state index in [9.17, 15) is 4.79 Å². The van der Waals surface area contributed by atoms with Crippen molar-refractivity contribution in [1.29, 1.82) is 0 Å². The lowest BCUT2D eigenvalue weighted by atomic mass is 9.84. The van der Waals surface area contributed by atoms with E-state index in [1.165, 1.54) is 0 Å². The van der Waals surface area contributed by atoms with Crippen LogP contribution in [0.2, 0.25) is 0 Å². The van der Waals surface area contributed by atoms with Crippen molar-refractivity contribution in [3.8, 4) is 11.5 Å². The Bertz CT molecular complexity index is 658. The molecule has 2 N–H and O–H groups in total. The van der Waals surface area contributed by atoms with Gasteiger partial charge in [0.15, 0.2) is 5.96 Å². The van der Waals surface area contributed by atoms with Crippen LogP contribution in [-0.2, 0) is 4.79 Å². The molecule has 1 fully saturated rings. The van der Waals surface area contributed by atoms with Crippen molar-refractivity contribution in [3.05, 3.63) is 24.3 Å². The van der Waals surface area contributed by atoms with Gasteiger partial charge in [-0.25, -0.2) is 0 Å². The van der Waals surface area contributed by atoms with Crippen molar-refractivity contribution < 1.29 is 14.3 Å². The fourth-order valence-electron chi connectivity index (χ4n) is 3.63. The van der Waals surface area contributed by atoms with Gasteiger partial charge in [-0.1, -0.05) is 12.8 Å². The normalized spacial score (nSPS) is 16.4. The molecule has 1 saturated carbocycles.